The summed E-state index contributed by atoms with van der Waals surface area (Å²) in [6.07, 6.45) is -0.688. The molecule has 12 heteroatoms. The van der Waals surface area contributed by atoms with Crippen LogP contribution in [0.5, 0.6) is 0 Å². The standard InChI is InChI=1S/2C4H7F2O.6Rf/c2*1-2-4(5,6)3-7;;;;;;/h2*3,7H,2H2,1H3;;;;;;/q2*-1;;;;;;. The van der Waals surface area contributed by atoms with Crippen molar-refractivity contribution in [2.75, 3.05) is 0 Å². The van der Waals surface area contributed by atoms with E-state index >= 15 is 0 Å². The normalized spacial score (nSPS) is 8.40. The number of alkyl halides is 4. The molecule has 2 nitrogen and oxygen atoms in total. The van der Waals surface area contributed by atoms with Crippen molar-refractivity contribution in [3.63, 3.8) is 0 Å². The Labute approximate surface area is 80.6 Å². The maximum absolute atomic E-state index is 11.6. The molecule has 20 heavy (non-hydrogen) atoms. The van der Waals surface area contributed by atoms with E-state index in [1.165, 1.54) is 13.8 Å². The van der Waals surface area contributed by atoms with Gasteiger partial charge >= 0.3 is 0 Å². The van der Waals surface area contributed by atoms with Gasteiger partial charge in [0.05, 0.1) is 0 Å². The summed E-state index contributed by atoms with van der Waals surface area (Å²) in [4.78, 5) is 0. The van der Waals surface area contributed by atoms with Crippen LogP contribution in [0.4, 0.5) is 17.6 Å². The number of halogens is 4. The number of hydrogen-bond acceptors (Lipinski definition) is 2. The fourth-order valence-electron chi connectivity index (χ4n) is 0.183. The van der Waals surface area contributed by atoms with Crippen LogP contribution < -0.4 is 0 Å². The van der Waals surface area contributed by atoms with E-state index in [4.69, 9.17) is 10.2 Å². The molecule has 0 aromatic heterocycles. The first-order valence-electron chi connectivity index (χ1n) is 3.97. The molecule has 0 rings (SSSR count). The Morgan fingerprint density at radius 1 is 0.650 bits per heavy atom. The quantitative estimate of drug-likeness (QED) is 0.336. The SMILES string of the molecule is CCC(F)(F)[CH-]O.CCC(F)(F)[CH-]O.[Rf].[Rf].[Rf].[Rf].[Rf].[Rf]. The van der Waals surface area contributed by atoms with Gasteiger partial charge in [-0.1, -0.05) is 13.8 Å². The van der Waals surface area contributed by atoms with Crippen molar-refractivity contribution in [1.29, 1.82) is 0 Å². The molecule has 0 unspecified atom stereocenters. The number of aliphatic hydroxyl groups is 2. The van der Waals surface area contributed by atoms with Crippen molar-refractivity contribution >= 4 is 0 Å². The third kappa shape index (κ3) is 41.4. The van der Waals surface area contributed by atoms with Crippen LogP contribution in [-0.4, -0.2) is 22.1 Å². The van der Waals surface area contributed by atoms with Gasteiger partial charge in [0.1, 0.15) is 0 Å². The largest absolute Gasteiger partial charge is 0.560 e. The third-order valence-corrected chi connectivity index (χ3v) is 1.32. The summed E-state index contributed by atoms with van der Waals surface area (Å²) in [6.45, 7) is 2.42. The monoisotopic (exact) mass is 1820 g/mol. The Morgan fingerprint density at radius 2 is 0.800 bits per heavy atom. The molecule has 0 spiro atoms. The van der Waals surface area contributed by atoms with E-state index in [1.807, 2.05) is 0 Å². The van der Waals surface area contributed by atoms with E-state index in [1.54, 1.807) is 0 Å². The summed E-state index contributed by atoms with van der Waals surface area (Å²) >= 11 is 0. The molecule has 2 N–H and O–H groups in total. The van der Waals surface area contributed by atoms with Gasteiger partial charge < -0.3 is 10.2 Å². The molecule has 0 aromatic rings. The average molecular weight is 1820 g/mol. The number of aliphatic hydroxyl groups excluding tert-OH is 2. The van der Waals surface area contributed by atoms with Crippen molar-refractivity contribution in [1.82, 2.24) is 0 Å². The van der Waals surface area contributed by atoms with E-state index in [9.17, 15) is 17.6 Å². The van der Waals surface area contributed by atoms with E-state index in [-0.39, 0.29) is 26.1 Å². The molecule has 0 saturated heterocycles. The first kappa shape index (κ1) is 68.5. The van der Waals surface area contributed by atoms with Gasteiger partial charge in [-0.3, -0.25) is 0 Å². The molecule has 0 bridgehead atoms. The van der Waals surface area contributed by atoms with Crippen molar-refractivity contribution < 1.29 is 27.8 Å². The molecule has 0 fully saturated rings. The first-order valence-corrected chi connectivity index (χ1v) is 3.97. The molecular weight excluding hydrogens is 1810 g/mol. The molecular formula is C8H14F4O2Rf6-2. The van der Waals surface area contributed by atoms with Crippen LogP contribution in [-0.2, 0) is 0 Å². The van der Waals surface area contributed by atoms with E-state index in [2.05, 4.69) is 0 Å². The second kappa shape index (κ2) is 18.4. The Hall–Kier alpha value is -6.36. The smallest absolute Gasteiger partial charge is 0.153 e. The zero-order valence-electron chi connectivity index (χ0n) is 12.2. The molecule has 0 radical (unpaired) electrons. The van der Waals surface area contributed by atoms with Crippen LogP contribution in [0.25, 0.3) is 0 Å². The number of hydrogen-bond donors (Lipinski definition) is 2. The summed E-state index contributed by atoms with van der Waals surface area (Å²) in [5.41, 5.74) is 0. The van der Waals surface area contributed by atoms with Gasteiger partial charge in [-0.05, 0) is 12.8 Å². The van der Waals surface area contributed by atoms with Crippen LogP contribution in [0.2, 0.25) is 0 Å². The minimum atomic E-state index is -2.99. The Kier molecular flexibility index (Phi) is 63.1. The van der Waals surface area contributed by atoms with Gasteiger partial charge in [-0.2, -0.15) is 0 Å². The molecule has 0 aliphatic rings. The van der Waals surface area contributed by atoms with Gasteiger partial charge in [-0.25, -0.2) is 17.6 Å². The van der Waals surface area contributed by atoms with E-state index in [0.717, 1.165) is 0 Å². The van der Waals surface area contributed by atoms with Gasteiger partial charge in [0.15, 0.2) is 11.8 Å². The van der Waals surface area contributed by atoms with Crippen LogP contribution in [0.15, 0.2) is 0 Å². The summed E-state index contributed by atoms with van der Waals surface area (Å²) in [7, 11) is 0. The van der Waals surface area contributed by atoms with Crippen molar-refractivity contribution in [2.45, 2.75) is 38.5 Å². The molecule has 0 heterocycles. The molecule has 0 atom stereocenters. The van der Waals surface area contributed by atoms with Gasteiger partial charge in [0, 0.05) is 0 Å². The fourth-order valence-corrected chi connectivity index (χ4v) is 0.183. The van der Waals surface area contributed by atoms with Gasteiger partial charge in [0.2, 0.25) is 0 Å². The van der Waals surface area contributed by atoms with Crippen LogP contribution in [0.3, 0.4) is 0 Å². The van der Waals surface area contributed by atoms with Crippen LogP contribution >= 0.6 is 0 Å². The topological polar surface area (TPSA) is 40.5 Å². The second-order valence-electron chi connectivity index (χ2n) is 2.49. The van der Waals surface area contributed by atoms with Crippen molar-refractivity contribution in [3.05, 3.63) is 13.2 Å². The third-order valence-electron chi connectivity index (χ3n) is 1.32. The molecule has 0 saturated carbocycles. The Morgan fingerprint density at radius 3 is 0.800 bits per heavy atom. The Bertz CT molecular complexity index is 129. The molecule has 0 aromatic carbocycles. The molecule has 0 aliphatic heterocycles. The van der Waals surface area contributed by atoms with E-state index < -0.39 is 11.8 Å². The van der Waals surface area contributed by atoms with Crippen molar-refractivity contribution in [2.24, 2.45) is 0 Å². The van der Waals surface area contributed by atoms with Crippen molar-refractivity contribution in [3.8, 4) is 0 Å². The van der Waals surface area contributed by atoms with Gasteiger partial charge in [0.25, 0.3) is 0 Å². The average Bonchev–Trinajstić information content (AvgIpc) is 2.19. The van der Waals surface area contributed by atoms with Crippen LogP contribution in [0, 0.1) is 13.2 Å². The summed E-state index contributed by atoms with van der Waals surface area (Å²) in [5.74, 6) is -5.97. The summed E-state index contributed by atoms with van der Waals surface area (Å²) in [5, 5.41) is 15.4. The molecule has 0 amide bonds. The zero-order chi connectivity index (χ0) is 11.8. The maximum atomic E-state index is 11.6. The zero-order valence-corrected chi connectivity index (χ0v) is 50.6. The van der Waals surface area contributed by atoms with Gasteiger partial charge in [-0.15, -0.1) is 13.2 Å². The fraction of sp³-hybridized carbons (Fsp3) is 0.750. The Balaban J connectivity index is -0.0000000185. The first-order chi connectivity index (χ1) is 6.24. The summed E-state index contributed by atoms with van der Waals surface area (Å²) in [6, 6.07) is 0. The number of rotatable bonds is 4. The molecule has 0 aliphatic carbocycles. The second-order valence-corrected chi connectivity index (χ2v) is 2.49. The summed E-state index contributed by atoms with van der Waals surface area (Å²) < 4.78 is 46.3. The minimum Gasteiger partial charge on any atom is -0.560 e. The minimum absolute atomic E-state index is 0. The maximum Gasteiger partial charge on any atom is 0.153 e. The predicted molar refractivity (Wildman–Crippen MR) is 42.9 cm³/mol. The van der Waals surface area contributed by atoms with E-state index in [0.29, 0.717) is 0 Å². The molecule has 100 valence electrons. The predicted octanol–water partition coefficient (Wildman–Crippen LogP) is 3.13. The van der Waals surface area contributed by atoms with Crippen LogP contribution in [0.1, 0.15) is 26.7 Å².